The lowest BCUT2D eigenvalue weighted by Crippen LogP contribution is -2.30. The normalized spacial score (nSPS) is 24.2. The lowest BCUT2D eigenvalue weighted by atomic mass is 9.81. The maximum atomic E-state index is 6.78. The minimum atomic E-state index is 0.127. The Morgan fingerprint density at radius 1 is 1.10 bits per heavy atom. The Morgan fingerprint density at radius 3 is 2.58 bits per heavy atom. The minimum Gasteiger partial charge on any atom is -0.484 e. The van der Waals surface area contributed by atoms with Gasteiger partial charge in [-0.15, -0.1) is 0 Å². The molecule has 3 atom stereocenters. The van der Waals surface area contributed by atoms with Gasteiger partial charge in [-0.05, 0) is 41.0 Å². The molecule has 2 heterocycles. The molecule has 1 aliphatic carbocycles. The molecular weight excluding hydrogens is 380 g/mol. The van der Waals surface area contributed by atoms with Crippen LogP contribution in [-0.4, -0.2) is 19.2 Å². The smallest absolute Gasteiger partial charge is 0.131 e. The lowest BCUT2D eigenvalue weighted by molar-refractivity contribution is 0.241. The first kappa shape index (κ1) is 20.4. The predicted octanol–water partition coefficient (Wildman–Crippen LogP) is 5.92. The van der Waals surface area contributed by atoms with Crippen molar-refractivity contribution in [3.8, 4) is 5.75 Å². The van der Waals surface area contributed by atoms with Crippen LogP contribution in [-0.2, 0) is 12.8 Å². The van der Waals surface area contributed by atoms with Crippen molar-refractivity contribution in [2.75, 3.05) is 18.0 Å². The van der Waals surface area contributed by atoms with Crippen LogP contribution in [0.15, 0.2) is 60.2 Å². The average molecular weight is 415 g/mol. The second kappa shape index (κ2) is 8.20. The number of anilines is 1. The van der Waals surface area contributed by atoms with Crippen molar-refractivity contribution in [3.63, 3.8) is 0 Å². The van der Waals surface area contributed by atoms with Gasteiger partial charge in [0, 0.05) is 30.3 Å². The highest BCUT2D eigenvalue weighted by molar-refractivity contribution is 5.73. The molecule has 3 heteroatoms. The highest BCUT2D eigenvalue weighted by atomic mass is 16.5. The van der Waals surface area contributed by atoms with Crippen LogP contribution in [0.1, 0.15) is 62.0 Å². The molecule has 2 aromatic carbocycles. The summed E-state index contributed by atoms with van der Waals surface area (Å²) in [5.41, 5.74) is 8.34. The summed E-state index contributed by atoms with van der Waals surface area (Å²) >= 11 is 0. The van der Waals surface area contributed by atoms with Crippen LogP contribution in [0, 0.1) is 5.92 Å². The van der Waals surface area contributed by atoms with Crippen molar-refractivity contribution in [3.05, 3.63) is 82.5 Å². The van der Waals surface area contributed by atoms with Gasteiger partial charge in [0.05, 0.1) is 0 Å². The largest absolute Gasteiger partial charge is 0.484 e. The van der Waals surface area contributed by atoms with E-state index >= 15 is 0 Å². The van der Waals surface area contributed by atoms with E-state index in [4.69, 9.17) is 4.74 Å². The fourth-order valence-corrected chi connectivity index (χ4v) is 5.58. The Hall–Kier alpha value is -2.52. The van der Waals surface area contributed by atoms with Crippen LogP contribution in [0.4, 0.5) is 5.69 Å². The summed E-state index contributed by atoms with van der Waals surface area (Å²) in [6.07, 6.45) is 9.25. The van der Waals surface area contributed by atoms with Crippen molar-refractivity contribution in [2.24, 2.45) is 5.92 Å². The molecule has 0 spiro atoms. The first-order chi connectivity index (χ1) is 15.1. The number of allylic oxidation sites excluding steroid dienone is 2. The molecule has 1 N–H and O–H groups in total. The number of nitrogens with zero attached hydrogens (tertiary/aromatic N) is 1. The van der Waals surface area contributed by atoms with E-state index in [1.165, 1.54) is 33.5 Å². The van der Waals surface area contributed by atoms with Gasteiger partial charge >= 0.3 is 0 Å². The van der Waals surface area contributed by atoms with E-state index in [0.717, 1.165) is 31.7 Å². The Morgan fingerprint density at radius 2 is 1.87 bits per heavy atom. The number of nitrogens with one attached hydrogen (secondary N) is 1. The molecule has 1 fully saturated rings. The van der Waals surface area contributed by atoms with E-state index in [9.17, 15) is 0 Å². The Kier molecular flexibility index (Phi) is 5.39. The molecule has 3 aliphatic rings. The van der Waals surface area contributed by atoms with E-state index < -0.39 is 0 Å². The van der Waals surface area contributed by atoms with Gasteiger partial charge in [0.15, 0.2) is 0 Å². The van der Waals surface area contributed by atoms with Crippen molar-refractivity contribution >= 4 is 5.69 Å². The van der Waals surface area contributed by atoms with Crippen molar-refractivity contribution < 1.29 is 4.74 Å². The zero-order valence-corrected chi connectivity index (χ0v) is 19.2. The highest BCUT2D eigenvalue weighted by Crippen LogP contribution is 2.53. The molecular formula is C28H34N2O. The molecule has 0 amide bonds. The Labute approximate surface area is 186 Å². The van der Waals surface area contributed by atoms with Gasteiger partial charge in [0.25, 0.3) is 0 Å². The van der Waals surface area contributed by atoms with Gasteiger partial charge in [-0.2, -0.15) is 0 Å². The van der Waals surface area contributed by atoms with Crippen LogP contribution in [0.25, 0.3) is 0 Å². The van der Waals surface area contributed by atoms with Gasteiger partial charge in [-0.3, -0.25) is 5.32 Å². The fourth-order valence-electron chi connectivity index (χ4n) is 5.58. The van der Waals surface area contributed by atoms with Crippen molar-refractivity contribution in [2.45, 2.75) is 58.7 Å². The summed E-state index contributed by atoms with van der Waals surface area (Å²) in [6, 6.07) is 13.3. The number of fused-ring (bicyclic) bond motifs is 3. The van der Waals surface area contributed by atoms with Crippen LogP contribution < -0.4 is 15.0 Å². The number of ether oxygens (including phenoxy) is 1. The lowest BCUT2D eigenvalue weighted by Gasteiger charge is -2.32. The van der Waals surface area contributed by atoms with E-state index in [-0.39, 0.29) is 12.3 Å². The molecule has 0 aromatic heterocycles. The SMILES string of the molecule is CCc1cc(CC)c(N2CCNC2c2ccccc2)c2c1OC1C(C(C)C)=CC=CC21. The first-order valence-corrected chi connectivity index (χ1v) is 11.9. The fraction of sp³-hybridized carbons (Fsp3) is 0.429. The van der Waals surface area contributed by atoms with E-state index in [1.54, 1.807) is 0 Å². The summed E-state index contributed by atoms with van der Waals surface area (Å²) in [4.78, 5) is 2.60. The molecule has 2 aliphatic heterocycles. The van der Waals surface area contributed by atoms with Crippen molar-refractivity contribution in [1.29, 1.82) is 0 Å². The highest BCUT2D eigenvalue weighted by Gasteiger charge is 2.43. The van der Waals surface area contributed by atoms with Gasteiger partial charge in [-0.25, -0.2) is 0 Å². The quantitative estimate of drug-likeness (QED) is 0.657. The monoisotopic (exact) mass is 414 g/mol. The zero-order chi connectivity index (χ0) is 21.5. The molecule has 3 nitrogen and oxygen atoms in total. The zero-order valence-electron chi connectivity index (χ0n) is 19.2. The predicted molar refractivity (Wildman–Crippen MR) is 129 cm³/mol. The molecule has 162 valence electrons. The number of aryl methyl sites for hydroxylation is 2. The van der Waals surface area contributed by atoms with Crippen molar-refractivity contribution in [1.82, 2.24) is 5.32 Å². The van der Waals surface area contributed by atoms with Crippen LogP contribution in [0.5, 0.6) is 5.75 Å². The van der Waals surface area contributed by atoms with Gasteiger partial charge < -0.3 is 9.64 Å². The van der Waals surface area contributed by atoms with Crippen LogP contribution >= 0.6 is 0 Å². The van der Waals surface area contributed by atoms with E-state index in [2.05, 4.69) is 92.5 Å². The summed E-state index contributed by atoms with van der Waals surface area (Å²) < 4.78 is 6.78. The maximum absolute atomic E-state index is 6.78. The van der Waals surface area contributed by atoms with Gasteiger partial charge in [-0.1, -0.05) is 82.3 Å². The van der Waals surface area contributed by atoms with E-state index in [0.29, 0.717) is 11.8 Å². The molecule has 1 saturated heterocycles. The maximum Gasteiger partial charge on any atom is 0.131 e. The molecule has 0 bridgehead atoms. The molecule has 2 aromatic rings. The second-order valence-corrected chi connectivity index (χ2v) is 9.22. The molecule has 5 rings (SSSR count). The van der Waals surface area contributed by atoms with E-state index in [1.807, 2.05) is 0 Å². The van der Waals surface area contributed by atoms with Crippen LogP contribution in [0.2, 0.25) is 0 Å². The number of rotatable bonds is 5. The first-order valence-electron chi connectivity index (χ1n) is 11.9. The van der Waals surface area contributed by atoms with Crippen LogP contribution in [0.3, 0.4) is 0 Å². The molecule has 31 heavy (non-hydrogen) atoms. The summed E-state index contributed by atoms with van der Waals surface area (Å²) in [5, 5.41) is 3.75. The Bertz CT molecular complexity index is 1020. The van der Waals surface area contributed by atoms with Gasteiger partial charge in [0.1, 0.15) is 18.0 Å². The average Bonchev–Trinajstić information content (AvgIpc) is 3.43. The second-order valence-electron chi connectivity index (χ2n) is 9.22. The summed E-state index contributed by atoms with van der Waals surface area (Å²) in [7, 11) is 0. The third-order valence-corrected chi connectivity index (χ3v) is 7.12. The topological polar surface area (TPSA) is 24.5 Å². The standard InChI is InChI=1S/C28H34N2O/c1-5-19-17-20(6-2)26-24(23-14-10-13-22(18(3)4)27(23)31-26)25(19)30-16-15-29-28(30)21-11-8-7-9-12-21/h7-14,17-18,23,27-29H,5-6,15-16H2,1-4H3. The third-order valence-electron chi connectivity index (χ3n) is 7.12. The summed E-state index contributed by atoms with van der Waals surface area (Å²) in [6.45, 7) is 11.1. The Balaban J connectivity index is 1.67. The summed E-state index contributed by atoms with van der Waals surface area (Å²) in [5.74, 6) is 1.92. The minimum absolute atomic E-state index is 0.127. The molecule has 0 saturated carbocycles. The number of hydrogen-bond acceptors (Lipinski definition) is 3. The molecule has 0 radical (unpaired) electrons. The van der Waals surface area contributed by atoms with Gasteiger partial charge in [0.2, 0.25) is 0 Å². The number of benzene rings is 2. The molecule has 3 unspecified atom stereocenters. The number of hydrogen-bond donors (Lipinski definition) is 1. The third kappa shape index (κ3) is 3.30.